The summed E-state index contributed by atoms with van der Waals surface area (Å²) in [4.78, 5) is 14.3. The van der Waals surface area contributed by atoms with Crippen molar-refractivity contribution >= 4 is 11.6 Å². The Hall–Kier alpha value is -2.23. The Bertz CT molecular complexity index is 766. The van der Waals surface area contributed by atoms with Gasteiger partial charge in [0.1, 0.15) is 0 Å². The summed E-state index contributed by atoms with van der Waals surface area (Å²) < 4.78 is 2.32. The molecule has 1 amide bonds. The Balaban J connectivity index is 1.95. The van der Waals surface area contributed by atoms with Crippen molar-refractivity contribution in [3.63, 3.8) is 0 Å². The number of primary amides is 1. The molecule has 0 saturated heterocycles. The minimum absolute atomic E-state index is 0.337. The second-order valence-corrected chi connectivity index (χ2v) is 7.73. The summed E-state index contributed by atoms with van der Waals surface area (Å²) in [6, 6.07) is 10.7. The summed E-state index contributed by atoms with van der Waals surface area (Å²) in [5, 5.41) is 0. The first-order valence-corrected chi connectivity index (χ1v) is 10.4. The first-order chi connectivity index (χ1) is 13.0. The van der Waals surface area contributed by atoms with Gasteiger partial charge in [-0.1, -0.05) is 31.4 Å². The Kier molecular flexibility index (Phi) is 6.25. The van der Waals surface area contributed by atoms with E-state index in [2.05, 4.69) is 47.6 Å². The van der Waals surface area contributed by atoms with E-state index < -0.39 is 0 Å². The van der Waals surface area contributed by atoms with Crippen LogP contribution in [0.5, 0.6) is 0 Å². The van der Waals surface area contributed by atoms with E-state index in [4.69, 9.17) is 5.73 Å². The Morgan fingerprint density at radius 3 is 2.30 bits per heavy atom. The molecule has 0 atom stereocenters. The van der Waals surface area contributed by atoms with Crippen molar-refractivity contribution in [1.82, 2.24) is 4.57 Å². The zero-order valence-electron chi connectivity index (χ0n) is 17.0. The molecule has 0 radical (unpaired) electrons. The van der Waals surface area contributed by atoms with Crippen LogP contribution in [0.25, 0.3) is 11.3 Å². The summed E-state index contributed by atoms with van der Waals surface area (Å²) in [6.45, 7) is 9.35. The molecular formula is C23H33N3O. The van der Waals surface area contributed by atoms with Gasteiger partial charge in [-0.3, -0.25) is 4.79 Å². The summed E-state index contributed by atoms with van der Waals surface area (Å²) in [7, 11) is 0. The molecule has 1 aliphatic carbocycles. The van der Waals surface area contributed by atoms with Crippen LogP contribution in [-0.4, -0.2) is 23.6 Å². The highest BCUT2D eigenvalue weighted by molar-refractivity contribution is 5.95. The summed E-state index contributed by atoms with van der Waals surface area (Å²) >= 11 is 0. The van der Waals surface area contributed by atoms with E-state index in [1.165, 1.54) is 37.8 Å². The molecule has 2 aromatic rings. The molecule has 0 unspecified atom stereocenters. The molecule has 27 heavy (non-hydrogen) atoms. The van der Waals surface area contributed by atoms with Gasteiger partial charge in [-0.25, -0.2) is 0 Å². The number of nitrogens with zero attached hydrogens (tertiary/aromatic N) is 2. The Labute approximate surface area is 163 Å². The van der Waals surface area contributed by atoms with E-state index in [0.29, 0.717) is 11.5 Å². The lowest BCUT2D eigenvalue weighted by Crippen LogP contribution is -2.21. The van der Waals surface area contributed by atoms with Gasteiger partial charge < -0.3 is 15.2 Å². The molecule has 1 aliphatic rings. The van der Waals surface area contributed by atoms with Gasteiger partial charge in [-0.2, -0.15) is 0 Å². The average molecular weight is 368 g/mol. The van der Waals surface area contributed by atoms with Gasteiger partial charge in [0.2, 0.25) is 0 Å². The standard InChI is InChI=1S/C23H33N3O/c1-4-25(5-2)20-13-11-19(12-14-20)22-15-21(23(24)27)17(3)26(22)16-18-9-7-6-8-10-18/h11-15,18H,4-10,16H2,1-3H3,(H2,24,27). The van der Waals surface area contributed by atoms with E-state index >= 15 is 0 Å². The number of amides is 1. The molecule has 1 aromatic heterocycles. The van der Waals surface area contributed by atoms with Gasteiger partial charge in [0, 0.05) is 36.7 Å². The molecule has 2 N–H and O–H groups in total. The van der Waals surface area contributed by atoms with E-state index in [9.17, 15) is 4.79 Å². The van der Waals surface area contributed by atoms with Crippen molar-refractivity contribution < 1.29 is 4.79 Å². The number of aromatic nitrogens is 1. The van der Waals surface area contributed by atoms with Gasteiger partial charge in [0.25, 0.3) is 5.91 Å². The number of carbonyl (C=O) groups is 1. The average Bonchev–Trinajstić information content (AvgIpc) is 3.01. The highest BCUT2D eigenvalue weighted by atomic mass is 16.1. The number of rotatable bonds is 7. The molecule has 1 fully saturated rings. The predicted molar refractivity (Wildman–Crippen MR) is 113 cm³/mol. The van der Waals surface area contributed by atoms with Gasteiger partial charge in [0.15, 0.2) is 0 Å². The van der Waals surface area contributed by atoms with E-state index in [-0.39, 0.29) is 5.91 Å². The maximum atomic E-state index is 11.9. The lowest BCUT2D eigenvalue weighted by atomic mass is 9.89. The maximum Gasteiger partial charge on any atom is 0.250 e. The maximum absolute atomic E-state index is 11.9. The molecule has 0 bridgehead atoms. The zero-order valence-corrected chi connectivity index (χ0v) is 17.0. The third-order valence-corrected chi connectivity index (χ3v) is 6.09. The monoisotopic (exact) mass is 367 g/mol. The first-order valence-electron chi connectivity index (χ1n) is 10.4. The molecule has 1 aromatic carbocycles. The number of hydrogen-bond acceptors (Lipinski definition) is 2. The van der Waals surface area contributed by atoms with Crippen LogP contribution in [-0.2, 0) is 6.54 Å². The Morgan fingerprint density at radius 1 is 1.11 bits per heavy atom. The molecule has 0 aliphatic heterocycles. The third-order valence-electron chi connectivity index (χ3n) is 6.09. The van der Waals surface area contributed by atoms with Crippen LogP contribution < -0.4 is 10.6 Å². The zero-order chi connectivity index (χ0) is 19.4. The largest absolute Gasteiger partial charge is 0.372 e. The number of anilines is 1. The van der Waals surface area contributed by atoms with Crippen LogP contribution in [0.4, 0.5) is 5.69 Å². The van der Waals surface area contributed by atoms with E-state index in [0.717, 1.165) is 36.6 Å². The lowest BCUT2D eigenvalue weighted by Gasteiger charge is -2.24. The van der Waals surface area contributed by atoms with Crippen molar-refractivity contribution in [2.24, 2.45) is 11.7 Å². The second kappa shape index (κ2) is 8.64. The molecule has 0 spiro atoms. The Morgan fingerprint density at radius 2 is 1.74 bits per heavy atom. The SMILES string of the molecule is CCN(CC)c1ccc(-c2cc(C(N)=O)c(C)n2CC2CCCCC2)cc1. The van der Waals surface area contributed by atoms with Crippen LogP contribution in [0, 0.1) is 12.8 Å². The fourth-order valence-electron chi connectivity index (χ4n) is 4.43. The molecule has 3 rings (SSSR count). The molecule has 1 heterocycles. The third kappa shape index (κ3) is 4.20. The van der Waals surface area contributed by atoms with Crippen LogP contribution in [0.3, 0.4) is 0 Å². The molecule has 4 heteroatoms. The fourth-order valence-corrected chi connectivity index (χ4v) is 4.43. The van der Waals surface area contributed by atoms with Crippen LogP contribution >= 0.6 is 0 Å². The topological polar surface area (TPSA) is 51.3 Å². The van der Waals surface area contributed by atoms with Gasteiger partial charge >= 0.3 is 0 Å². The van der Waals surface area contributed by atoms with Gasteiger partial charge in [-0.15, -0.1) is 0 Å². The molecule has 4 nitrogen and oxygen atoms in total. The highest BCUT2D eigenvalue weighted by Gasteiger charge is 2.21. The number of nitrogens with two attached hydrogens (primary N) is 1. The van der Waals surface area contributed by atoms with Gasteiger partial charge in [0.05, 0.1) is 5.56 Å². The van der Waals surface area contributed by atoms with Crippen LogP contribution in [0.15, 0.2) is 30.3 Å². The van der Waals surface area contributed by atoms with Crippen LogP contribution in [0.1, 0.15) is 62.0 Å². The normalized spacial score (nSPS) is 15.1. The summed E-state index contributed by atoms with van der Waals surface area (Å²) in [5.74, 6) is 0.357. The minimum atomic E-state index is -0.337. The van der Waals surface area contributed by atoms with Gasteiger partial charge in [-0.05, 0) is 63.3 Å². The quantitative estimate of drug-likeness (QED) is 0.749. The van der Waals surface area contributed by atoms with E-state index in [1.54, 1.807) is 0 Å². The minimum Gasteiger partial charge on any atom is -0.372 e. The lowest BCUT2D eigenvalue weighted by molar-refractivity contribution is 0.0999. The first kappa shape index (κ1) is 19.5. The second-order valence-electron chi connectivity index (χ2n) is 7.73. The van der Waals surface area contributed by atoms with Crippen molar-refractivity contribution in [2.45, 2.75) is 59.4 Å². The number of hydrogen-bond donors (Lipinski definition) is 1. The summed E-state index contributed by atoms with van der Waals surface area (Å²) in [5.41, 5.74) is 10.8. The van der Waals surface area contributed by atoms with E-state index in [1.807, 2.05) is 13.0 Å². The van der Waals surface area contributed by atoms with Crippen molar-refractivity contribution in [3.8, 4) is 11.3 Å². The molecular weight excluding hydrogens is 334 g/mol. The smallest absolute Gasteiger partial charge is 0.250 e. The molecule has 146 valence electrons. The fraction of sp³-hybridized carbons (Fsp3) is 0.522. The molecule has 1 saturated carbocycles. The van der Waals surface area contributed by atoms with Crippen molar-refractivity contribution in [2.75, 3.05) is 18.0 Å². The number of benzene rings is 1. The highest BCUT2D eigenvalue weighted by Crippen LogP contribution is 2.32. The van der Waals surface area contributed by atoms with Crippen molar-refractivity contribution in [3.05, 3.63) is 41.6 Å². The predicted octanol–water partition coefficient (Wildman–Crippen LogP) is 4.99. The summed E-state index contributed by atoms with van der Waals surface area (Å²) in [6.07, 6.45) is 6.56. The van der Waals surface area contributed by atoms with Crippen molar-refractivity contribution in [1.29, 1.82) is 0 Å². The number of carbonyl (C=O) groups excluding carboxylic acids is 1. The van der Waals surface area contributed by atoms with Crippen LogP contribution in [0.2, 0.25) is 0 Å².